The quantitative estimate of drug-likeness (QED) is 0.194. The van der Waals surface area contributed by atoms with Crippen LogP contribution in [0.3, 0.4) is 0 Å². The maximum atomic E-state index is 10.8. The van der Waals surface area contributed by atoms with Crippen LogP contribution in [0.25, 0.3) is 0 Å². The van der Waals surface area contributed by atoms with Crippen molar-refractivity contribution in [1.29, 1.82) is 0 Å². The molecule has 1 heterocycles. The van der Waals surface area contributed by atoms with Gasteiger partial charge in [-0.2, -0.15) is 0 Å². The molecule has 1 fully saturated rings. The van der Waals surface area contributed by atoms with Crippen molar-refractivity contribution in [2.45, 2.75) is 153 Å². The average molecular weight is 461 g/mol. The van der Waals surface area contributed by atoms with Gasteiger partial charge in [0.15, 0.2) is 5.79 Å². The Morgan fingerprint density at radius 2 is 1.12 bits per heavy atom. The maximum Gasteiger partial charge on any atom is 0.197 e. The van der Waals surface area contributed by atoms with Crippen molar-refractivity contribution in [3.8, 4) is 0 Å². The number of aliphatic hydroxyl groups is 4. The van der Waals surface area contributed by atoms with Crippen molar-refractivity contribution in [3.05, 3.63) is 0 Å². The third-order valence-electron chi connectivity index (χ3n) is 6.76. The molecule has 0 aliphatic carbocycles. The second-order valence-electron chi connectivity index (χ2n) is 9.62. The van der Waals surface area contributed by atoms with Crippen LogP contribution in [0, 0.1) is 0 Å². The highest BCUT2D eigenvalue weighted by molar-refractivity contribution is 4.97. The van der Waals surface area contributed by atoms with E-state index in [4.69, 9.17) is 9.47 Å². The summed E-state index contributed by atoms with van der Waals surface area (Å²) < 4.78 is 12.0. The van der Waals surface area contributed by atoms with Crippen LogP contribution in [0.1, 0.15) is 123 Å². The highest BCUT2D eigenvalue weighted by Gasteiger charge is 2.53. The molecule has 0 radical (unpaired) electrons. The molecule has 1 aliphatic rings. The molecule has 1 saturated heterocycles. The van der Waals surface area contributed by atoms with Crippen molar-refractivity contribution >= 4 is 0 Å². The molecule has 192 valence electrons. The van der Waals surface area contributed by atoms with Gasteiger partial charge in [0.05, 0.1) is 13.2 Å². The zero-order valence-electron chi connectivity index (χ0n) is 20.8. The first-order chi connectivity index (χ1) is 15.5. The minimum atomic E-state index is -1.39. The predicted octanol–water partition coefficient (Wildman–Crippen LogP) is 4.84. The van der Waals surface area contributed by atoms with E-state index in [9.17, 15) is 20.4 Å². The van der Waals surface area contributed by atoms with Gasteiger partial charge in [0.1, 0.15) is 24.4 Å². The molecule has 1 rings (SSSR count). The normalized spacial score (nSPS) is 28.3. The van der Waals surface area contributed by atoms with Crippen molar-refractivity contribution in [1.82, 2.24) is 0 Å². The summed E-state index contributed by atoms with van der Waals surface area (Å²) in [5.74, 6) is -1.37. The van der Waals surface area contributed by atoms with E-state index < -0.39 is 36.8 Å². The van der Waals surface area contributed by atoms with Crippen molar-refractivity contribution in [2.75, 3.05) is 13.2 Å². The highest BCUT2D eigenvalue weighted by Crippen LogP contribution is 2.36. The lowest BCUT2D eigenvalue weighted by molar-refractivity contribution is -0.366. The summed E-state index contributed by atoms with van der Waals surface area (Å²) in [7, 11) is 0. The first-order valence-corrected chi connectivity index (χ1v) is 13.5. The number of ether oxygens (including phenoxy) is 2. The monoisotopic (exact) mass is 460 g/mol. The second-order valence-corrected chi connectivity index (χ2v) is 9.62. The van der Waals surface area contributed by atoms with Crippen molar-refractivity contribution in [3.63, 3.8) is 0 Å². The zero-order valence-corrected chi connectivity index (χ0v) is 20.8. The summed E-state index contributed by atoms with van der Waals surface area (Å²) in [5.41, 5.74) is 0. The number of rotatable bonds is 20. The van der Waals surface area contributed by atoms with Gasteiger partial charge in [-0.3, -0.25) is 0 Å². The molecule has 6 nitrogen and oxygen atoms in total. The fraction of sp³-hybridized carbons (Fsp3) is 1.00. The molecule has 0 aromatic heterocycles. The van der Waals surface area contributed by atoms with Gasteiger partial charge in [0.2, 0.25) is 0 Å². The van der Waals surface area contributed by atoms with E-state index in [0.29, 0.717) is 13.0 Å². The minimum Gasteiger partial charge on any atom is -0.394 e. The molecule has 5 atom stereocenters. The molecule has 0 aromatic rings. The molecule has 1 aliphatic heterocycles. The standard InChI is InChI=1S/C26H52O6/c1-3-5-7-9-11-13-15-17-19-26(25(30)24(29)23(28)22(21-27)32-26)31-20-18-16-14-12-10-8-6-4-2/h22-25,27-30H,3-21H2,1-2H3/t22-,23+,24+,25-,26-/m1/s1. The molecule has 0 aromatic carbocycles. The Morgan fingerprint density at radius 3 is 1.62 bits per heavy atom. The summed E-state index contributed by atoms with van der Waals surface area (Å²) in [6, 6.07) is 0. The molecule has 0 spiro atoms. The summed E-state index contributed by atoms with van der Waals surface area (Å²) in [6.07, 6.45) is 14.1. The van der Waals surface area contributed by atoms with E-state index in [1.165, 1.54) is 70.6 Å². The van der Waals surface area contributed by atoms with Gasteiger partial charge in [-0.1, -0.05) is 104 Å². The lowest BCUT2D eigenvalue weighted by Gasteiger charge is -2.48. The second kappa shape index (κ2) is 18.1. The fourth-order valence-corrected chi connectivity index (χ4v) is 4.59. The number of hydrogen-bond donors (Lipinski definition) is 4. The SMILES string of the molecule is CCCCCCCCCCO[C@]1(CCCCCCCCCC)O[C@H](CO)[C@H](O)[C@H](O)[C@H]1O. The lowest BCUT2D eigenvalue weighted by Crippen LogP contribution is -2.66. The van der Waals surface area contributed by atoms with E-state index in [0.717, 1.165) is 32.1 Å². The molecule has 0 saturated carbocycles. The summed E-state index contributed by atoms with van der Waals surface area (Å²) in [6.45, 7) is 4.45. The first-order valence-electron chi connectivity index (χ1n) is 13.5. The van der Waals surface area contributed by atoms with E-state index in [2.05, 4.69) is 13.8 Å². The van der Waals surface area contributed by atoms with Gasteiger partial charge < -0.3 is 29.9 Å². The Balaban J connectivity index is 2.48. The van der Waals surface area contributed by atoms with E-state index in [1.54, 1.807) is 0 Å². The number of hydrogen-bond acceptors (Lipinski definition) is 6. The topological polar surface area (TPSA) is 99.4 Å². The van der Waals surface area contributed by atoms with Crippen LogP contribution in [-0.4, -0.2) is 63.8 Å². The molecule has 0 amide bonds. The van der Waals surface area contributed by atoms with Crippen LogP contribution in [-0.2, 0) is 9.47 Å². The lowest BCUT2D eigenvalue weighted by atomic mass is 9.89. The Hall–Kier alpha value is -0.240. The number of aliphatic hydroxyl groups excluding tert-OH is 4. The van der Waals surface area contributed by atoms with Gasteiger partial charge in [-0.15, -0.1) is 0 Å². The Kier molecular flexibility index (Phi) is 16.9. The molecular weight excluding hydrogens is 408 g/mol. The van der Waals surface area contributed by atoms with Gasteiger partial charge in [-0.05, 0) is 12.8 Å². The summed E-state index contributed by atoms with van der Waals surface area (Å²) >= 11 is 0. The zero-order chi connectivity index (χ0) is 23.7. The van der Waals surface area contributed by atoms with E-state index in [-0.39, 0.29) is 0 Å². The van der Waals surface area contributed by atoms with Crippen LogP contribution in [0.4, 0.5) is 0 Å². The smallest absolute Gasteiger partial charge is 0.197 e. The van der Waals surface area contributed by atoms with E-state index >= 15 is 0 Å². The Bertz CT molecular complexity index is 433. The number of unbranched alkanes of at least 4 members (excludes halogenated alkanes) is 14. The molecule has 0 bridgehead atoms. The van der Waals surface area contributed by atoms with Crippen molar-refractivity contribution < 1.29 is 29.9 Å². The first kappa shape index (κ1) is 29.8. The average Bonchev–Trinajstić information content (AvgIpc) is 2.80. The molecule has 0 unspecified atom stereocenters. The van der Waals surface area contributed by atoms with Crippen LogP contribution < -0.4 is 0 Å². The Labute approximate surface area is 196 Å². The van der Waals surface area contributed by atoms with Crippen LogP contribution >= 0.6 is 0 Å². The predicted molar refractivity (Wildman–Crippen MR) is 128 cm³/mol. The molecule has 32 heavy (non-hydrogen) atoms. The van der Waals surface area contributed by atoms with Crippen LogP contribution in [0.5, 0.6) is 0 Å². The third kappa shape index (κ3) is 10.8. The molecule has 6 heteroatoms. The van der Waals surface area contributed by atoms with Gasteiger partial charge in [0, 0.05) is 6.42 Å². The fourth-order valence-electron chi connectivity index (χ4n) is 4.59. The maximum absolute atomic E-state index is 10.8. The van der Waals surface area contributed by atoms with Crippen LogP contribution in [0.2, 0.25) is 0 Å². The third-order valence-corrected chi connectivity index (χ3v) is 6.76. The minimum absolute atomic E-state index is 0.425. The van der Waals surface area contributed by atoms with E-state index in [1.807, 2.05) is 0 Å². The van der Waals surface area contributed by atoms with Gasteiger partial charge >= 0.3 is 0 Å². The largest absolute Gasteiger partial charge is 0.394 e. The summed E-state index contributed by atoms with van der Waals surface area (Å²) in [4.78, 5) is 0. The van der Waals surface area contributed by atoms with Gasteiger partial charge in [-0.25, -0.2) is 0 Å². The van der Waals surface area contributed by atoms with Crippen molar-refractivity contribution in [2.24, 2.45) is 0 Å². The molecule has 4 N–H and O–H groups in total. The van der Waals surface area contributed by atoms with Crippen LogP contribution in [0.15, 0.2) is 0 Å². The van der Waals surface area contributed by atoms with Gasteiger partial charge in [0.25, 0.3) is 0 Å². The highest BCUT2D eigenvalue weighted by atomic mass is 16.7. The molecular formula is C26H52O6. The Morgan fingerprint density at radius 1 is 0.656 bits per heavy atom. The summed E-state index contributed by atoms with van der Waals surface area (Å²) in [5, 5.41) is 40.9.